The van der Waals surface area contributed by atoms with Crippen LogP contribution < -0.4 is 11.5 Å². The molecule has 1 aliphatic carbocycles. The van der Waals surface area contributed by atoms with Crippen LogP contribution in [0.15, 0.2) is 43.2 Å². The average molecular weight is 532 g/mol. The van der Waals surface area contributed by atoms with Crippen molar-refractivity contribution < 1.29 is 27.2 Å². The number of benzene rings is 1. The number of rotatable bonds is 6. The summed E-state index contributed by atoms with van der Waals surface area (Å²) in [5.74, 6) is -2.18. The quantitative estimate of drug-likeness (QED) is 0.373. The lowest BCUT2D eigenvalue weighted by Crippen LogP contribution is -2.42. The lowest BCUT2D eigenvalue weighted by atomic mass is 9.65. The van der Waals surface area contributed by atoms with Crippen LogP contribution in [0, 0.1) is 11.2 Å². The third kappa shape index (κ3) is 4.31. The highest BCUT2D eigenvalue weighted by atomic mass is 19.4. The number of alkyl halides is 3. The number of halogens is 4. The van der Waals surface area contributed by atoms with E-state index in [0.717, 1.165) is 12.5 Å². The maximum Gasteiger partial charge on any atom is 0.419 e. The van der Waals surface area contributed by atoms with Gasteiger partial charge >= 0.3 is 6.18 Å². The van der Waals surface area contributed by atoms with E-state index in [1.807, 2.05) is 0 Å². The van der Waals surface area contributed by atoms with E-state index in [9.17, 15) is 27.2 Å². The molecule has 3 aromatic rings. The van der Waals surface area contributed by atoms with E-state index in [-0.39, 0.29) is 46.5 Å². The van der Waals surface area contributed by atoms with Gasteiger partial charge in [0.1, 0.15) is 22.9 Å². The van der Waals surface area contributed by atoms with E-state index >= 15 is 0 Å². The van der Waals surface area contributed by atoms with Crippen LogP contribution in [0.3, 0.4) is 0 Å². The second-order valence-electron chi connectivity index (χ2n) is 9.90. The summed E-state index contributed by atoms with van der Waals surface area (Å²) in [6.45, 7) is 4.52. The normalized spacial score (nSPS) is 21.1. The predicted octanol–water partition coefficient (Wildman–Crippen LogP) is 3.37. The molecular weight excluding hydrogens is 506 g/mol. The number of nitrogens with two attached hydrogens (primary N) is 2. The maximum absolute atomic E-state index is 14.5. The number of hydrogen-bond acceptors (Lipinski definition) is 5. The summed E-state index contributed by atoms with van der Waals surface area (Å²) >= 11 is 0. The Bertz CT molecular complexity index is 1440. The van der Waals surface area contributed by atoms with Gasteiger partial charge in [-0.3, -0.25) is 14.3 Å². The van der Waals surface area contributed by atoms with Gasteiger partial charge in [-0.2, -0.15) is 23.4 Å². The molecule has 4 N–H and O–H groups in total. The molecule has 2 fully saturated rings. The van der Waals surface area contributed by atoms with Crippen LogP contribution in [-0.4, -0.2) is 49.4 Å². The van der Waals surface area contributed by atoms with Crippen molar-refractivity contribution in [2.24, 2.45) is 11.1 Å². The monoisotopic (exact) mass is 531 g/mol. The van der Waals surface area contributed by atoms with Crippen molar-refractivity contribution in [1.29, 1.82) is 0 Å². The molecule has 9 nitrogen and oxygen atoms in total. The molecule has 1 saturated carbocycles. The molecule has 1 saturated heterocycles. The molecule has 1 aliphatic heterocycles. The highest BCUT2D eigenvalue weighted by Crippen LogP contribution is 2.54. The Morgan fingerprint density at radius 1 is 1.26 bits per heavy atom. The van der Waals surface area contributed by atoms with Gasteiger partial charge in [0.15, 0.2) is 0 Å². The molecule has 13 heteroatoms. The topological polar surface area (TPSA) is 125 Å². The van der Waals surface area contributed by atoms with E-state index in [1.54, 1.807) is 9.58 Å². The molecule has 5 rings (SSSR count). The van der Waals surface area contributed by atoms with E-state index in [2.05, 4.69) is 16.8 Å². The fraction of sp³-hybridized carbons (Fsp3) is 0.360. The van der Waals surface area contributed by atoms with Crippen LogP contribution in [0.2, 0.25) is 0 Å². The van der Waals surface area contributed by atoms with Crippen molar-refractivity contribution >= 4 is 17.6 Å². The fourth-order valence-electron chi connectivity index (χ4n) is 5.54. The first-order chi connectivity index (χ1) is 17.9. The highest BCUT2D eigenvalue weighted by molar-refractivity contribution is 6.03. The number of nitrogen functional groups attached to an aromatic ring is 1. The van der Waals surface area contributed by atoms with E-state index < -0.39 is 23.5 Å². The largest absolute Gasteiger partial charge is 0.419 e. The van der Waals surface area contributed by atoms with Gasteiger partial charge in [-0.1, -0.05) is 18.7 Å². The van der Waals surface area contributed by atoms with Gasteiger partial charge in [-0.15, -0.1) is 0 Å². The summed E-state index contributed by atoms with van der Waals surface area (Å²) in [5, 5.41) is 8.66. The second kappa shape index (κ2) is 8.99. The molecule has 2 aromatic heterocycles. The summed E-state index contributed by atoms with van der Waals surface area (Å²) in [6.07, 6.45) is 1.55. The molecular formula is C25H25F4N7O2. The van der Waals surface area contributed by atoms with Crippen molar-refractivity contribution in [3.8, 4) is 11.3 Å². The van der Waals surface area contributed by atoms with Crippen LogP contribution in [0.5, 0.6) is 0 Å². The van der Waals surface area contributed by atoms with Gasteiger partial charge in [0.2, 0.25) is 5.91 Å². The first kappa shape index (κ1) is 25.5. The molecule has 200 valence electrons. The Balaban J connectivity index is 1.38. The van der Waals surface area contributed by atoms with Crippen LogP contribution in [0.25, 0.3) is 11.3 Å². The summed E-state index contributed by atoms with van der Waals surface area (Å²) in [6, 6.07) is 2.94. The summed E-state index contributed by atoms with van der Waals surface area (Å²) < 4.78 is 56.5. The van der Waals surface area contributed by atoms with Crippen molar-refractivity contribution in [2.75, 3.05) is 18.8 Å². The Labute approximate surface area is 214 Å². The lowest BCUT2D eigenvalue weighted by molar-refractivity contribution is -0.140. The summed E-state index contributed by atoms with van der Waals surface area (Å²) in [5.41, 5.74) is 10.8. The highest BCUT2D eigenvalue weighted by Gasteiger charge is 2.50. The maximum atomic E-state index is 14.5. The molecule has 0 radical (unpaired) electrons. The minimum Gasteiger partial charge on any atom is -0.383 e. The number of aromatic nitrogens is 4. The smallest absolute Gasteiger partial charge is 0.383 e. The number of amides is 2. The van der Waals surface area contributed by atoms with Gasteiger partial charge in [0, 0.05) is 30.4 Å². The van der Waals surface area contributed by atoms with E-state index in [4.69, 9.17) is 11.5 Å². The number of hydrogen-bond donors (Lipinski definition) is 2. The molecule has 1 spiro atoms. The minimum atomic E-state index is -4.83. The van der Waals surface area contributed by atoms with Crippen molar-refractivity contribution in [3.63, 3.8) is 0 Å². The predicted molar refractivity (Wildman–Crippen MR) is 129 cm³/mol. The number of carbonyl (C=O) groups is 2. The Morgan fingerprint density at radius 2 is 2.00 bits per heavy atom. The number of primary amides is 1. The van der Waals surface area contributed by atoms with Crippen LogP contribution in [0.4, 0.5) is 23.4 Å². The Kier molecular flexibility index (Phi) is 6.03. The zero-order valence-electron chi connectivity index (χ0n) is 20.2. The minimum absolute atomic E-state index is 0.00522. The van der Waals surface area contributed by atoms with Crippen LogP contribution >= 0.6 is 0 Å². The number of likely N-dealkylation sites (tertiary alicyclic amines) is 1. The van der Waals surface area contributed by atoms with Crippen molar-refractivity contribution in [2.45, 2.75) is 38.0 Å². The zero-order chi connectivity index (χ0) is 27.4. The van der Waals surface area contributed by atoms with Gasteiger partial charge in [-0.25, -0.2) is 9.07 Å². The van der Waals surface area contributed by atoms with Gasteiger partial charge < -0.3 is 16.4 Å². The Morgan fingerprint density at radius 3 is 2.66 bits per heavy atom. The SMILES string of the molecule is C=CC(=O)N1CCC2(CC(n3nc(-c4cnn(Cc5cccc(C(F)(F)F)c5F)c4)c(C(N)=O)c3N)C2)C1. The molecule has 3 heterocycles. The molecule has 1 aromatic carbocycles. The van der Waals surface area contributed by atoms with E-state index in [0.29, 0.717) is 37.6 Å². The van der Waals surface area contributed by atoms with Crippen LogP contribution in [-0.2, 0) is 17.5 Å². The molecule has 0 unspecified atom stereocenters. The van der Waals surface area contributed by atoms with Gasteiger partial charge in [0.25, 0.3) is 5.91 Å². The zero-order valence-corrected chi connectivity index (χ0v) is 20.2. The van der Waals surface area contributed by atoms with Gasteiger partial charge in [0.05, 0.1) is 24.3 Å². The second-order valence-corrected chi connectivity index (χ2v) is 9.90. The number of anilines is 1. The van der Waals surface area contributed by atoms with Crippen molar-refractivity contribution in [1.82, 2.24) is 24.5 Å². The van der Waals surface area contributed by atoms with Gasteiger partial charge in [-0.05, 0) is 36.8 Å². The van der Waals surface area contributed by atoms with Crippen molar-refractivity contribution in [3.05, 3.63) is 65.8 Å². The molecule has 38 heavy (non-hydrogen) atoms. The van der Waals surface area contributed by atoms with E-state index in [1.165, 1.54) is 29.2 Å². The standard InChI is InChI=1S/C25H25F4N7O2/c1-2-18(37)34-7-6-24(13-34)8-16(9-24)36-22(30)19(23(31)38)21(33-36)15-10-32-35(12-15)11-14-4-3-5-17(20(14)26)25(27,28)29/h2-5,10,12,16H,1,6-9,11,13,30H2,(H2,31,38). The fourth-order valence-corrected chi connectivity index (χ4v) is 5.54. The average Bonchev–Trinajstić information content (AvgIpc) is 3.55. The third-order valence-electron chi connectivity index (χ3n) is 7.42. The lowest BCUT2D eigenvalue weighted by Gasteiger charge is -2.45. The third-order valence-corrected chi connectivity index (χ3v) is 7.42. The summed E-state index contributed by atoms with van der Waals surface area (Å²) in [7, 11) is 0. The number of carbonyl (C=O) groups excluding carboxylic acids is 2. The Hall–Kier alpha value is -4.16. The van der Waals surface area contributed by atoms with Crippen LogP contribution in [0.1, 0.15) is 46.8 Å². The summed E-state index contributed by atoms with van der Waals surface area (Å²) in [4.78, 5) is 26.0. The number of nitrogens with zero attached hydrogens (tertiary/aromatic N) is 5. The molecule has 0 atom stereocenters. The first-order valence-electron chi connectivity index (χ1n) is 11.9. The molecule has 0 bridgehead atoms. The molecule has 2 amide bonds. The first-order valence-corrected chi connectivity index (χ1v) is 11.9. The molecule has 2 aliphatic rings.